The second-order valence-electron chi connectivity index (χ2n) is 7.08. The molecule has 0 radical (unpaired) electrons. The minimum atomic E-state index is 0. The average molecular weight is 657 g/mol. The second-order valence-corrected chi connectivity index (χ2v) is 7.08. The predicted molar refractivity (Wildman–Crippen MR) is 147 cm³/mol. The third kappa shape index (κ3) is 12.3. The van der Waals surface area contributed by atoms with E-state index in [4.69, 9.17) is 0 Å². The van der Waals surface area contributed by atoms with E-state index in [0.717, 1.165) is 22.5 Å². The van der Waals surface area contributed by atoms with E-state index in [1.165, 1.54) is 0 Å². The molecule has 0 bridgehead atoms. The van der Waals surface area contributed by atoms with Crippen molar-refractivity contribution in [2.24, 2.45) is 0 Å². The molecule has 0 aliphatic heterocycles. The van der Waals surface area contributed by atoms with Gasteiger partial charge < -0.3 is 9.97 Å². The number of aromatic nitrogens is 3. The molecular weight excluding hydrogens is 631 g/mol. The van der Waals surface area contributed by atoms with Gasteiger partial charge in [-0.05, 0) is 35.7 Å². The zero-order chi connectivity index (χ0) is 24.9. The van der Waals surface area contributed by atoms with Crippen LogP contribution in [-0.2, 0) is 20.1 Å². The maximum atomic E-state index is 4.22. The Bertz CT molecular complexity index is 1050. The van der Waals surface area contributed by atoms with Crippen LogP contribution < -0.4 is 0 Å². The molecular formula is C33H26IrN3. The van der Waals surface area contributed by atoms with Crippen molar-refractivity contribution in [3.63, 3.8) is 0 Å². The van der Waals surface area contributed by atoms with Gasteiger partial charge in [0.2, 0.25) is 0 Å². The normalized spacial score (nSPS) is 8.86. The van der Waals surface area contributed by atoms with Crippen LogP contribution >= 0.6 is 0 Å². The van der Waals surface area contributed by atoms with Crippen molar-refractivity contribution in [3.8, 4) is 22.5 Å². The number of rotatable bonds is 2. The fourth-order valence-electron chi connectivity index (χ4n) is 2.80. The summed E-state index contributed by atoms with van der Waals surface area (Å²) in [6, 6.07) is 51.8. The molecule has 0 aliphatic carbocycles. The van der Waals surface area contributed by atoms with Crippen molar-refractivity contribution in [2.75, 3.05) is 0 Å². The number of benzene rings is 3. The number of hydrogen-bond donors (Lipinski definition) is 0. The van der Waals surface area contributed by atoms with Crippen molar-refractivity contribution in [1.82, 2.24) is 15.0 Å². The van der Waals surface area contributed by atoms with Crippen molar-refractivity contribution >= 4 is 0 Å². The van der Waals surface area contributed by atoms with E-state index < -0.39 is 0 Å². The molecule has 0 aliphatic rings. The van der Waals surface area contributed by atoms with Crippen LogP contribution in [0, 0.1) is 18.2 Å². The maximum absolute atomic E-state index is 4.22. The third-order valence-electron chi connectivity index (χ3n) is 4.47. The molecule has 3 aromatic heterocycles. The monoisotopic (exact) mass is 657 g/mol. The second kappa shape index (κ2) is 19.0. The SMILES string of the molecule is [Ir+3].[c-]1ccccc1.[c-]1ccccc1-c1ccccn1.[c-]1ccccc1-c1ccccn1.c1ccncc1. The standard InChI is InChI=1S/2C11H8N.C6H5.C5H5N.Ir/c2*1-2-6-10(7-3-1)11-8-4-5-9-12-11;2*1-2-4-6-5-3-1;/h2*1-6,8-9H;2*1-5H;/q3*-1;;+3. The molecule has 6 aromatic rings. The molecule has 0 spiro atoms. The quantitative estimate of drug-likeness (QED) is 0.180. The molecule has 0 saturated heterocycles. The van der Waals surface area contributed by atoms with Crippen LogP contribution in [0.25, 0.3) is 22.5 Å². The summed E-state index contributed by atoms with van der Waals surface area (Å²) in [5, 5.41) is 0. The van der Waals surface area contributed by atoms with Crippen LogP contribution in [0.15, 0.2) is 158 Å². The van der Waals surface area contributed by atoms with Crippen molar-refractivity contribution in [2.45, 2.75) is 0 Å². The van der Waals surface area contributed by atoms with Crippen molar-refractivity contribution in [1.29, 1.82) is 0 Å². The third-order valence-corrected chi connectivity index (χ3v) is 4.47. The van der Waals surface area contributed by atoms with Crippen molar-refractivity contribution < 1.29 is 20.1 Å². The number of nitrogens with zero attached hydrogens (tertiary/aromatic N) is 3. The van der Waals surface area contributed by atoms with E-state index in [1.807, 2.05) is 133 Å². The Morgan fingerprint density at radius 3 is 1.11 bits per heavy atom. The Labute approximate surface area is 233 Å². The Kier molecular flexibility index (Phi) is 14.9. The summed E-state index contributed by atoms with van der Waals surface area (Å²) in [7, 11) is 0. The van der Waals surface area contributed by atoms with Crippen LogP contribution in [-0.4, -0.2) is 15.0 Å². The molecule has 3 heterocycles. The van der Waals surface area contributed by atoms with Gasteiger partial charge in [-0.25, -0.2) is 0 Å². The molecule has 3 aromatic carbocycles. The largest absolute Gasteiger partial charge is 3.00 e. The molecule has 0 fully saturated rings. The summed E-state index contributed by atoms with van der Waals surface area (Å²) in [6.07, 6.45) is 7.08. The Morgan fingerprint density at radius 2 is 0.838 bits per heavy atom. The van der Waals surface area contributed by atoms with E-state index in [1.54, 1.807) is 24.8 Å². The van der Waals surface area contributed by atoms with Crippen LogP contribution in [0.4, 0.5) is 0 Å². The van der Waals surface area contributed by atoms with Gasteiger partial charge in [-0.3, -0.25) is 4.98 Å². The first kappa shape index (κ1) is 29.0. The Balaban J connectivity index is 0.000000181. The number of hydrogen-bond acceptors (Lipinski definition) is 3. The summed E-state index contributed by atoms with van der Waals surface area (Å²) in [6.45, 7) is 0. The molecule has 4 heteroatoms. The summed E-state index contributed by atoms with van der Waals surface area (Å²) < 4.78 is 0. The van der Waals surface area contributed by atoms with Gasteiger partial charge in [-0.2, -0.15) is 36.4 Å². The van der Waals surface area contributed by atoms with Gasteiger partial charge in [0.1, 0.15) is 0 Å². The van der Waals surface area contributed by atoms with Gasteiger partial charge in [-0.1, -0.05) is 30.3 Å². The first-order valence-corrected chi connectivity index (χ1v) is 11.5. The zero-order valence-electron chi connectivity index (χ0n) is 20.2. The fraction of sp³-hybridized carbons (Fsp3) is 0. The van der Waals surface area contributed by atoms with E-state index >= 15 is 0 Å². The Morgan fingerprint density at radius 1 is 0.405 bits per heavy atom. The number of pyridine rings is 3. The summed E-state index contributed by atoms with van der Waals surface area (Å²) >= 11 is 0. The first-order chi connectivity index (χ1) is 17.9. The summed E-state index contributed by atoms with van der Waals surface area (Å²) in [4.78, 5) is 12.2. The maximum Gasteiger partial charge on any atom is 3.00 e. The average Bonchev–Trinajstić information content (AvgIpc) is 3.02. The molecule has 3 nitrogen and oxygen atoms in total. The molecule has 182 valence electrons. The van der Waals surface area contributed by atoms with Gasteiger partial charge in [-0.15, -0.1) is 71.8 Å². The molecule has 0 N–H and O–H groups in total. The molecule has 0 atom stereocenters. The molecule has 0 saturated carbocycles. The molecule has 0 unspecified atom stereocenters. The van der Waals surface area contributed by atoms with Gasteiger partial charge in [0.15, 0.2) is 0 Å². The fourth-order valence-corrected chi connectivity index (χ4v) is 2.80. The minimum Gasteiger partial charge on any atom is -0.305 e. The Hall–Kier alpha value is -4.24. The smallest absolute Gasteiger partial charge is 0.305 e. The molecule has 6 rings (SSSR count). The van der Waals surface area contributed by atoms with Gasteiger partial charge in [0, 0.05) is 24.8 Å². The van der Waals surface area contributed by atoms with Crippen LogP contribution in [0.2, 0.25) is 0 Å². The summed E-state index contributed by atoms with van der Waals surface area (Å²) in [5.74, 6) is 0. The van der Waals surface area contributed by atoms with Gasteiger partial charge in [0.25, 0.3) is 0 Å². The zero-order valence-corrected chi connectivity index (χ0v) is 22.6. The topological polar surface area (TPSA) is 38.7 Å². The van der Waals surface area contributed by atoms with Gasteiger partial charge >= 0.3 is 20.1 Å². The minimum absolute atomic E-state index is 0. The molecule has 37 heavy (non-hydrogen) atoms. The van der Waals surface area contributed by atoms with Crippen LogP contribution in [0.5, 0.6) is 0 Å². The van der Waals surface area contributed by atoms with Crippen molar-refractivity contribution in [3.05, 3.63) is 176 Å². The van der Waals surface area contributed by atoms with E-state index in [9.17, 15) is 0 Å². The van der Waals surface area contributed by atoms with Crippen LogP contribution in [0.1, 0.15) is 0 Å². The molecule has 0 amide bonds. The first-order valence-electron chi connectivity index (χ1n) is 11.5. The summed E-state index contributed by atoms with van der Waals surface area (Å²) in [5.41, 5.74) is 4.02. The van der Waals surface area contributed by atoms with E-state index in [-0.39, 0.29) is 20.1 Å². The van der Waals surface area contributed by atoms with E-state index in [2.05, 4.69) is 33.2 Å². The van der Waals surface area contributed by atoms with Gasteiger partial charge in [0.05, 0.1) is 0 Å². The van der Waals surface area contributed by atoms with Crippen LogP contribution in [0.3, 0.4) is 0 Å². The predicted octanol–water partition coefficient (Wildman–Crippen LogP) is 7.66. The van der Waals surface area contributed by atoms with E-state index in [0.29, 0.717) is 0 Å².